The highest BCUT2D eigenvalue weighted by molar-refractivity contribution is 7.14. The summed E-state index contributed by atoms with van der Waals surface area (Å²) < 4.78 is 0. The van der Waals surface area contributed by atoms with E-state index in [4.69, 9.17) is 5.11 Å². The minimum absolute atomic E-state index is 0.165. The van der Waals surface area contributed by atoms with Crippen molar-refractivity contribution >= 4 is 17.3 Å². The van der Waals surface area contributed by atoms with Crippen molar-refractivity contribution in [2.45, 2.75) is 32.4 Å². The smallest absolute Gasteiger partial charge is 0.346 e. The van der Waals surface area contributed by atoms with Gasteiger partial charge in [-0.25, -0.2) is 4.79 Å². The Bertz CT molecular complexity index is 624. The highest BCUT2D eigenvalue weighted by Crippen LogP contribution is 2.23. The molecule has 1 heterocycles. The van der Waals surface area contributed by atoms with Gasteiger partial charge in [-0.3, -0.25) is 0 Å². The fraction of sp³-hybridized carbons (Fsp3) is 0.353. The fourth-order valence-corrected chi connectivity index (χ4v) is 3.48. The lowest BCUT2D eigenvalue weighted by atomic mass is 10.1. The SMILES string of the molecule is Cc1cc(C[C@@H](C)NC[C@@H](O)c2ccccc2)sc1C(=O)O. The van der Waals surface area contributed by atoms with Gasteiger partial charge in [-0.15, -0.1) is 11.3 Å². The summed E-state index contributed by atoms with van der Waals surface area (Å²) in [4.78, 5) is 12.5. The second kappa shape index (κ2) is 7.54. The summed E-state index contributed by atoms with van der Waals surface area (Å²) in [5.74, 6) is -0.867. The van der Waals surface area contributed by atoms with Gasteiger partial charge in [0, 0.05) is 17.5 Å². The standard InChI is InChI=1S/C17H21NO3S/c1-11-8-14(22-16(11)17(20)21)9-12(2)18-10-15(19)13-6-4-3-5-7-13/h3-8,12,15,18-19H,9-10H2,1-2H3,(H,20,21)/t12-,15-/m1/s1. The van der Waals surface area contributed by atoms with Crippen molar-refractivity contribution in [2.75, 3.05) is 6.54 Å². The quantitative estimate of drug-likeness (QED) is 0.734. The predicted molar refractivity (Wildman–Crippen MR) is 88.6 cm³/mol. The molecule has 0 aliphatic carbocycles. The molecular weight excluding hydrogens is 298 g/mol. The lowest BCUT2D eigenvalue weighted by Crippen LogP contribution is -2.31. The number of hydrogen-bond acceptors (Lipinski definition) is 4. The van der Waals surface area contributed by atoms with Gasteiger partial charge in [0.1, 0.15) is 4.88 Å². The highest BCUT2D eigenvalue weighted by atomic mass is 32.1. The average molecular weight is 319 g/mol. The molecule has 1 aromatic heterocycles. The van der Waals surface area contributed by atoms with Gasteiger partial charge in [-0.05, 0) is 37.5 Å². The van der Waals surface area contributed by atoms with E-state index in [0.717, 1.165) is 22.4 Å². The summed E-state index contributed by atoms with van der Waals surface area (Å²) in [6.07, 6.45) is 0.212. The first-order valence-electron chi connectivity index (χ1n) is 7.26. The van der Waals surface area contributed by atoms with Crippen molar-refractivity contribution in [1.82, 2.24) is 5.32 Å². The summed E-state index contributed by atoms with van der Waals surface area (Å²) in [5.41, 5.74) is 1.70. The molecule has 0 radical (unpaired) electrons. The number of aryl methyl sites for hydroxylation is 1. The Kier molecular flexibility index (Phi) is 5.71. The van der Waals surface area contributed by atoms with E-state index in [-0.39, 0.29) is 6.04 Å². The van der Waals surface area contributed by atoms with E-state index in [2.05, 4.69) is 5.32 Å². The summed E-state index contributed by atoms with van der Waals surface area (Å²) in [5, 5.41) is 22.5. The minimum Gasteiger partial charge on any atom is -0.477 e. The third-order valence-corrected chi connectivity index (χ3v) is 4.76. The van der Waals surface area contributed by atoms with E-state index in [9.17, 15) is 9.90 Å². The van der Waals surface area contributed by atoms with Crippen molar-refractivity contribution in [3.05, 3.63) is 57.3 Å². The Hall–Kier alpha value is -1.69. The zero-order chi connectivity index (χ0) is 16.1. The zero-order valence-electron chi connectivity index (χ0n) is 12.7. The Morgan fingerprint density at radius 3 is 2.59 bits per heavy atom. The summed E-state index contributed by atoms with van der Waals surface area (Å²) in [6, 6.07) is 11.6. The molecule has 5 heteroatoms. The van der Waals surface area contributed by atoms with Gasteiger partial charge < -0.3 is 15.5 Å². The Balaban J connectivity index is 1.87. The van der Waals surface area contributed by atoms with E-state index in [1.807, 2.05) is 50.2 Å². The van der Waals surface area contributed by atoms with Crippen LogP contribution in [-0.4, -0.2) is 28.8 Å². The molecule has 0 saturated carbocycles. The van der Waals surface area contributed by atoms with Crippen LogP contribution in [0.5, 0.6) is 0 Å². The van der Waals surface area contributed by atoms with Crippen LogP contribution in [0.4, 0.5) is 0 Å². The minimum atomic E-state index is -0.867. The molecule has 22 heavy (non-hydrogen) atoms. The second-order valence-electron chi connectivity index (χ2n) is 5.47. The number of nitrogens with one attached hydrogen (secondary N) is 1. The topological polar surface area (TPSA) is 69.6 Å². The maximum atomic E-state index is 11.1. The molecule has 0 amide bonds. The fourth-order valence-electron chi connectivity index (χ4n) is 2.34. The lowest BCUT2D eigenvalue weighted by molar-refractivity contribution is 0.0701. The third kappa shape index (κ3) is 4.40. The summed E-state index contributed by atoms with van der Waals surface area (Å²) in [6.45, 7) is 4.33. The van der Waals surface area contributed by atoms with Crippen LogP contribution in [-0.2, 0) is 6.42 Å². The van der Waals surface area contributed by atoms with Gasteiger partial charge in [0.15, 0.2) is 0 Å². The van der Waals surface area contributed by atoms with Crippen LogP contribution in [0.25, 0.3) is 0 Å². The number of hydrogen-bond donors (Lipinski definition) is 3. The number of benzene rings is 1. The number of aliphatic hydroxyl groups excluding tert-OH is 1. The van der Waals surface area contributed by atoms with E-state index in [1.54, 1.807) is 0 Å². The molecule has 0 aliphatic heterocycles. The molecule has 118 valence electrons. The third-order valence-electron chi connectivity index (χ3n) is 3.51. The maximum Gasteiger partial charge on any atom is 0.346 e. The number of carboxylic acid groups (broad SMARTS) is 1. The second-order valence-corrected chi connectivity index (χ2v) is 6.61. The van der Waals surface area contributed by atoms with Crippen molar-refractivity contribution in [3.63, 3.8) is 0 Å². The van der Waals surface area contributed by atoms with Crippen LogP contribution in [0.15, 0.2) is 36.4 Å². The number of carbonyl (C=O) groups is 1. The van der Waals surface area contributed by atoms with Gasteiger partial charge in [0.05, 0.1) is 6.10 Å². The molecular formula is C17H21NO3S. The molecule has 3 N–H and O–H groups in total. The zero-order valence-corrected chi connectivity index (χ0v) is 13.6. The Morgan fingerprint density at radius 1 is 1.32 bits per heavy atom. The van der Waals surface area contributed by atoms with Gasteiger partial charge in [-0.2, -0.15) is 0 Å². The van der Waals surface area contributed by atoms with Crippen LogP contribution in [0.3, 0.4) is 0 Å². The number of aromatic carboxylic acids is 1. The average Bonchev–Trinajstić information content (AvgIpc) is 2.86. The Morgan fingerprint density at radius 2 is 2.00 bits per heavy atom. The molecule has 2 rings (SSSR count). The molecule has 0 spiro atoms. The molecule has 0 fully saturated rings. The molecule has 1 aromatic carbocycles. The normalized spacial score (nSPS) is 13.8. The largest absolute Gasteiger partial charge is 0.477 e. The van der Waals surface area contributed by atoms with Crippen LogP contribution >= 0.6 is 11.3 Å². The molecule has 0 bridgehead atoms. The number of aliphatic hydroxyl groups is 1. The monoisotopic (exact) mass is 319 g/mol. The van der Waals surface area contributed by atoms with Crippen LogP contribution in [0, 0.1) is 6.92 Å². The first kappa shape index (κ1) is 16.7. The van der Waals surface area contributed by atoms with E-state index < -0.39 is 12.1 Å². The van der Waals surface area contributed by atoms with Crippen molar-refractivity contribution in [3.8, 4) is 0 Å². The van der Waals surface area contributed by atoms with Gasteiger partial charge >= 0.3 is 5.97 Å². The Labute approximate surface area is 134 Å². The summed E-state index contributed by atoms with van der Waals surface area (Å²) in [7, 11) is 0. The van der Waals surface area contributed by atoms with Crippen LogP contribution < -0.4 is 5.32 Å². The first-order valence-corrected chi connectivity index (χ1v) is 8.08. The van der Waals surface area contributed by atoms with Gasteiger partial charge in [0.2, 0.25) is 0 Å². The molecule has 0 unspecified atom stereocenters. The van der Waals surface area contributed by atoms with E-state index in [0.29, 0.717) is 11.4 Å². The maximum absolute atomic E-state index is 11.1. The van der Waals surface area contributed by atoms with Crippen molar-refractivity contribution in [1.29, 1.82) is 0 Å². The molecule has 0 aliphatic rings. The van der Waals surface area contributed by atoms with E-state index in [1.165, 1.54) is 11.3 Å². The first-order chi connectivity index (χ1) is 10.5. The van der Waals surface area contributed by atoms with E-state index >= 15 is 0 Å². The number of rotatable bonds is 7. The lowest BCUT2D eigenvalue weighted by Gasteiger charge is -2.17. The van der Waals surface area contributed by atoms with Gasteiger partial charge in [-0.1, -0.05) is 30.3 Å². The van der Waals surface area contributed by atoms with Crippen molar-refractivity contribution < 1.29 is 15.0 Å². The predicted octanol–water partition coefficient (Wildman–Crippen LogP) is 3.01. The van der Waals surface area contributed by atoms with Gasteiger partial charge in [0.25, 0.3) is 0 Å². The van der Waals surface area contributed by atoms with Crippen LogP contribution in [0.1, 0.15) is 38.7 Å². The molecule has 0 saturated heterocycles. The number of carboxylic acids is 1. The summed E-state index contributed by atoms with van der Waals surface area (Å²) >= 11 is 1.32. The number of thiophene rings is 1. The van der Waals surface area contributed by atoms with Crippen LogP contribution in [0.2, 0.25) is 0 Å². The molecule has 2 atom stereocenters. The van der Waals surface area contributed by atoms with Crippen molar-refractivity contribution in [2.24, 2.45) is 0 Å². The molecule has 2 aromatic rings. The highest BCUT2D eigenvalue weighted by Gasteiger charge is 2.14. The molecule has 4 nitrogen and oxygen atoms in total.